The van der Waals surface area contributed by atoms with Crippen LogP contribution in [0.3, 0.4) is 0 Å². The van der Waals surface area contributed by atoms with Crippen molar-refractivity contribution in [3.8, 4) is 0 Å². The number of benzene rings is 1. The lowest BCUT2D eigenvalue weighted by molar-refractivity contribution is 0.0623. The molecule has 2 rings (SSSR count). The van der Waals surface area contributed by atoms with E-state index in [4.69, 9.17) is 0 Å². The molecule has 1 fully saturated rings. The molecule has 0 spiro atoms. The maximum atomic E-state index is 13.5. The number of rotatable bonds is 3. The molecule has 1 saturated heterocycles. The summed E-state index contributed by atoms with van der Waals surface area (Å²) >= 11 is 0. The fraction of sp³-hybridized carbons (Fsp3) is 0.562. The fourth-order valence-electron chi connectivity index (χ4n) is 2.56. The van der Waals surface area contributed by atoms with Gasteiger partial charge in [0.25, 0.3) is 5.91 Å². The van der Waals surface area contributed by atoms with Crippen molar-refractivity contribution < 1.29 is 9.18 Å². The Morgan fingerprint density at radius 2 is 1.90 bits per heavy atom. The molecule has 1 heterocycles. The van der Waals surface area contributed by atoms with Gasteiger partial charge in [0.1, 0.15) is 5.82 Å². The van der Waals surface area contributed by atoms with Crippen LogP contribution in [0.15, 0.2) is 18.2 Å². The van der Waals surface area contributed by atoms with Crippen molar-refractivity contribution in [1.82, 2.24) is 9.80 Å². The Morgan fingerprint density at radius 1 is 1.25 bits per heavy atom. The highest BCUT2D eigenvalue weighted by molar-refractivity contribution is 5.94. The third kappa shape index (κ3) is 3.57. The van der Waals surface area contributed by atoms with Crippen LogP contribution in [-0.2, 0) is 0 Å². The van der Waals surface area contributed by atoms with E-state index in [2.05, 4.69) is 18.7 Å². The number of aryl methyl sites for hydroxylation is 1. The normalized spacial score (nSPS) is 16.8. The highest BCUT2D eigenvalue weighted by Gasteiger charge is 2.22. The molecule has 0 aromatic heterocycles. The van der Waals surface area contributed by atoms with Crippen LogP contribution < -0.4 is 0 Å². The van der Waals surface area contributed by atoms with Crippen molar-refractivity contribution in [2.24, 2.45) is 5.92 Å². The predicted octanol–water partition coefficient (Wildman–Crippen LogP) is 2.55. The number of hydrogen-bond donors (Lipinski definition) is 0. The number of piperazine rings is 1. The van der Waals surface area contributed by atoms with E-state index >= 15 is 0 Å². The molecule has 0 N–H and O–H groups in total. The highest BCUT2D eigenvalue weighted by atomic mass is 19.1. The lowest BCUT2D eigenvalue weighted by Gasteiger charge is -2.35. The molecule has 20 heavy (non-hydrogen) atoms. The number of amides is 1. The summed E-state index contributed by atoms with van der Waals surface area (Å²) in [7, 11) is 0. The molecule has 110 valence electrons. The summed E-state index contributed by atoms with van der Waals surface area (Å²) in [6.07, 6.45) is 0. The average molecular weight is 278 g/mol. The number of carbonyl (C=O) groups excluding carboxylic acids is 1. The Labute approximate surface area is 120 Å². The quantitative estimate of drug-likeness (QED) is 0.848. The molecule has 1 aliphatic rings. The maximum Gasteiger partial charge on any atom is 0.254 e. The van der Waals surface area contributed by atoms with E-state index in [-0.39, 0.29) is 11.7 Å². The van der Waals surface area contributed by atoms with Crippen molar-refractivity contribution in [3.63, 3.8) is 0 Å². The zero-order valence-corrected chi connectivity index (χ0v) is 12.5. The zero-order valence-electron chi connectivity index (χ0n) is 12.5. The van der Waals surface area contributed by atoms with Gasteiger partial charge in [-0.15, -0.1) is 0 Å². The van der Waals surface area contributed by atoms with Crippen LogP contribution in [-0.4, -0.2) is 48.4 Å². The molecule has 0 bridgehead atoms. The van der Waals surface area contributed by atoms with Gasteiger partial charge in [0, 0.05) is 38.3 Å². The van der Waals surface area contributed by atoms with Gasteiger partial charge < -0.3 is 4.90 Å². The van der Waals surface area contributed by atoms with Crippen molar-refractivity contribution in [2.45, 2.75) is 20.8 Å². The molecule has 1 amide bonds. The minimum absolute atomic E-state index is 0.0619. The second-order valence-corrected chi connectivity index (χ2v) is 5.95. The van der Waals surface area contributed by atoms with Crippen molar-refractivity contribution in [2.75, 3.05) is 32.7 Å². The zero-order chi connectivity index (χ0) is 14.7. The second-order valence-electron chi connectivity index (χ2n) is 5.95. The van der Waals surface area contributed by atoms with Gasteiger partial charge in [-0.3, -0.25) is 9.69 Å². The first kappa shape index (κ1) is 15.0. The number of nitrogens with zero attached hydrogens (tertiary/aromatic N) is 2. The molecule has 0 saturated carbocycles. The molecule has 0 aliphatic carbocycles. The van der Waals surface area contributed by atoms with Gasteiger partial charge in [-0.25, -0.2) is 4.39 Å². The van der Waals surface area contributed by atoms with Crippen LogP contribution in [0.4, 0.5) is 4.39 Å². The van der Waals surface area contributed by atoms with Crippen molar-refractivity contribution in [1.29, 1.82) is 0 Å². The van der Waals surface area contributed by atoms with Crippen LogP contribution >= 0.6 is 0 Å². The standard InChI is InChI=1S/C16H23FN2O/c1-12(2)11-18-6-8-19(9-7-18)16(20)14-5-4-13(3)15(17)10-14/h4-5,10,12H,6-9,11H2,1-3H3. The van der Waals surface area contributed by atoms with Gasteiger partial charge in [0.15, 0.2) is 0 Å². The van der Waals surface area contributed by atoms with Crippen LogP contribution in [0.25, 0.3) is 0 Å². The van der Waals surface area contributed by atoms with E-state index < -0.39 is 0 Å². The van der Waals surface area contributed by atoms with Gasteiger partial charge in [0.05, 0.1) is 0 Å². The molecule has 1 aliphatic heterocycles. The fourth-order valence-corrected chi connectivity index (χ4v) is 2.56. The molecule has 0 radical (unpaired) electrons. The Bertz CT molecular complexity index is 479. The third-order valence-corrected chi connectivity index (χ3v) is 3.70. The van der Waals surface area contributed by atoms with Gasteiger partial charge in [0.2, 0.25) is 0 Å². The van der Waals surface area contributed by atoms with Crippen molar-refractivity contribution >= 4 is 5.91 Å². The van der Waals surface area contributed by atoms with E-state index in [1.807, 2.05) is 4.90 Å². The predicted molar refractivity (Wildman–Crippen MR) is 78.3 cm³/mol. The van der Waals surface area contributed by atoms with Crippen molar-refractivity contribution in [3.05, 3.63) is 35.1 Å². The molecule has 1 aromatic rings. The van der Waals surface area contributed by atoms with Gasteiger partial charge in [-0.05, 0) is 30.5 Å². The van der Waals surface area contributed by atoms with E-state index in [1.165, 1.54) is 6.07 Å². The summed E-state index contributed by atoms with van der Waals surface area (Å²) in [5.74, 6) is 0.269. The molecule has 0 atom stereocenters. The molecule has 1 aromatic carbocycles. The summed E-state index contributed by atoms with van der Waals surface area (Å²) in [5.41, 5.74) is 1.02. The summed E-state index contributed by atoms with van der Waals surface area (Å²) in [6, 6.07) is 4.72. The van der Waals surface area contributed by atoms with E-state index in [1.54, 1.807) is 19.1 Å². The lowest BCUT2D eigenvalue weighted by Crippen LogP contribution is -2.49. The molecular formula is C16H23FN2O. The van der Waals surface area contributed by atoms with Crippen LogP contribution in [0.5, 0.6) is 0 Å². The third-order valence-electron chi connectivity index (χ3n) is 3.70. The average Bonchev–Trinajstić information content (AvgIpc) is 2.41. The first-order valence-electron chi connectivity index (χ1n) is 7.25. The largest absolute Gasteiger partial charge is 0.336 e. The summed E-state index contributed by atoms with van der Waals surface area (Å²) in [4.78, 5) is 16.5. The monoisotopic (exact) mass is 278 g/mol. The van der Waals surface area contributed by atoms with Crippen LogP contribution in [0.1, 0.15) is 29.8 Å². The van der Waals surface area contributed by atoms with Crippen LogP contribution in [0.2, 0.25) is 0 Å². The Kier molecular flexibility index (Phi) is 4.76. The lowest BCUT2D eigenvalue weighted by atomic mass is 10.1. The Balaban J connectivity index is 1.96. The minimum atomic E-state index is -0.311. The number of hydrogen-bond acceptors (Lipinski definition) is 2. The van der Waals surface area contributed by atoms with E-state index in [9.17, 15) is 9.18 Å². The topological polar surface area (TPSA) is 23.6 Å². The summed E-state index contributed by atoms with van der Waals surface area (Å²) in [5, 5.41) is 0. The van der Waals surface area contributed by atoms with Gasteiger partial charge in [-0.1, -0.05) is 19.9 Å². The minimum Gasteiger partial charge on any atom is -0.336 e. The molecule has 0 unspecified atom stereocenters. The highest BCUT2D eigenvalue weighted by Crippen LogP contribution is 2.13. The first-order chi connectivity index (χ1) is 9.47. The number of halogens is 1. The molecular weight excluding hydrogens is 255 g/mol. The van der Waals surface area contributed by atoms with Gasteiger partial charge >= 0.3 is 0 Å². The van der Waals surface area contributed by atoms with Crippen LogP contribution in [0, 0.1) is 18.7 Å². The maximum absolute atomic E-state index is 13.5. The SMILES string of the molecule is Cc1ccc(C(=O)N2CCN(CC(C)C)CC2)cc1F. The Morgan fingerprint density at radius 3 is 2.45 bits per heavy atom. The van der Waals surface area contributed by atoms with E-state index in [0.717, 1.165) is 32.7 Å². The smallest absolute Gasteiger partial charge is 0.254 e. The number of carbonyl (C=O) groups is 1. The second kappa shape index (κ2) is 6.35. The Hall–Kier alpha value is -1.42. The summed E-state index contributed by atoms with van der Waals surface area (Å²) < 4.78 is 13.5. The van der Waals surface area contributed by atoms with Gasteiger partial charge in [-0.2, -0.15) is 0 Å². The molecule has 3 nitrogen and oxygen atoms in total. The molecule has 4 heteroatoms. The summed E-state index contributed by atoms with van der Waals surface area (Å²) in [6.45, 7) is 10.4. The first-order valence-corrected chi connectivity index (χ1v) is 7.25. The van der Waals surface area contributed by atoms with E-state index in [0.29, 0.717) is 17.0 Å².